The van der Waals surface area contributed by atoms with Gasteiger partial charge in [-0.2, -0.15) is 0 Å². The number of para-hydroxylation sites is 3. The van der Waals surface area contributed by atoms with E-state index in [4.69, 9.17) is 9.72 Å². The van der Waals surface area contributed by atoms with Crippen molar-refractivity contribution in [3.63, 3.8) is 0 Å². The Hall–Kier alpha value is -3.38. The van der Waals surface area contributed by atoms with Gasteiger partial charge >= 0.3 is 0 Å². The molecule has 0 aliphatic rings. The highest BCUT2D eigenvalue weighted by molar-refractivity contribution is 7.12. The third kappa shape index (κ3) is 5.26. The summed E-state index contributed by atoms with van der Waals surface area (Å²) >= 11 is 1.45. The van der Waals surface area contributed by atoms with Crippen molar-refractivity contribution in [1.82, 2.24) is 14.9 Å². The first-order chi connectivity index (χ1) is 15.8. The number of nitrogens with one attached hydrogen (secondary N) is 1. The van der Waals surface area contributed by atoms with Crippen LogP contribution in [0.4, 0.5) is 0 Å². The summed E-state index contributed by atoms with van der Waals surface area (Å²) in [6.45, 7) is 5.71. The molecule has 0 unspecified atom stereocenters. The molecule has 0 aliphatic carbocycles. The molecule has 4 aromatic rings. The van der Waals surface area contributed by atoms with E-state index in [1.807, 2.05) is 60.0 Å². The van der Waals surface area contributed by atoms with Crippen LogP contribution in [0.1, 0.15) is 27.5 Å². The maximum atomic E-state index is 12.1. The molecule has 0 spiro atoms. The summed E-state index contributed by atoms with van der Waals surface area (Å²) in [6, 6.07) is 20.0. The maximum Gasteiger partial charge on any atom is 0.261 e. The second-order valence-electron chi connectivity index (χ2n) is 7.45. The standard InChI is InChI=1S/C26H27N3O2S/c1-2-9-20-10-3-6-13-23(20)31-18-17-29-22-12-5-4-11-21(22)28-25(29)15-7-16-27-26(30)24-14-8-19-32-24/h2-6,8,10-14,19H,1,7,9,15-18H2,(H,27,30). The van der Waals surface area contributed by atoms with Gasteiger partial charge in [-0.15, -0.1) is 17.9 Å². The fraction of sp³-hybridized carbons (Fsp3) is 0.231. The number of aromatic nitrogens is 2. The van der Waals surface area contributed by atoms with E-state index < -0.39 is 0 Å². The zero-order valence-corrected chi connectivity index (χ0v) is 18.8. The van der Waals surface area contributed by atoms with Crippen molar-refractivity contribution in [3.8, 4) is 5.75 Å². The molecule has 2 aromatic carbocycles. The van der Waals surface area contributed by atoms with Gasteiger partial charge in [0.2, 0.25) is 0 Å². The maximum absolute atomic E-state index is 12.1. The summed E-state index contributed by atoms with van der Waals surface area (Å²) in [5, 5.41) is 4.90. The molecule has 0 bridgehead atoms. The monoisotopic (exact) mass is 445 g/mol. The quantitative estimate of drug-likeness (QED) is 0.253. The van der Waals surface area contributed by atoms with Crippen molar-refractivity contribution in [2.75, 3.05) is 13.2 Å². The fourth-order valence-electron chi connectivity index (χ4n) is 3.72. The lowest BCUT2D eigenvalue weighted by atomic mass is 10.1. The average Bonchev–Trinajstić information content (AvgIpc) is 3.47. The van der Waals surface area contributed by atoms with Crippen molar-refractivity contribution in [3.05, 3.63) is 95.0 Å². The van der Waals surface area contributed by atoms with E-state index in [1.54, 1.807) is 0 Å². The van der Waals surface area contributed by atoms with E-state index in [0.717, 1.165) is 52.3 Å². The van der Waals surface area contributed by atoms with Gasteiger partial charge in [-0.05, 0) is 48.1 Å². The van der Waals surface area contributed by atoms with E-state index in [2.05, 4.69) is 28.6 Å². The van der Waals surface area contributed by atoms with E-state index in [9.17, 15) is 4.79 Å². The highest BCUT2D eigenvalue weighted by atomic mass is 32.1. The molecule has 32 heavy (non-hydrogen) atoms. The number of nitrogens with zero attached hydrogens (tertiary/aromatic N) is 2. The molecule has 0 atom stereocenters. The SMILES string of the molecule is C=CCc1ccccc1OCCn1c(CCCNC(=O)c2cccs2)nc2ccccc21. The van der Waals surface area contributed by atoms with Crippen molar-refractivity contribution < 1.29 is 9.53 Å². The summed E-state index contributed by atoms with van der Waals surface area (Å²) in [5.41, 5.74) is 3.23. The number of carbonyl (C=O) groups excluding carboxylic acids is 1. The first kappa shape index (κ1) is 21.8. The minimum Gasteiger partial charge on any atom is -0.491 e. The van der Waals surface area contributed by atoms with Crippen LogP contribution in [0.15, 0.2) is 78.7 Å². The van der Waals surface area contributed by atoms with Gasteiger partial charge < -0.3 is 14.6 Å². The number of rotatable bonds is 11. The Morgan fingerprint density at radius 3 is 2.81 bits per heavy atom. The van der Waals surface area contributed by atoms with E-state index in [-0.39, 0.29) is 5.91 Å². The van der Waals surface area contributed by atoms with Gasteiger partial charge in [-0.1, -0.05) is 42.5 Å². The van der Waals surface area contributed by atoms with Crippen molar-refractivity contribution in [2.24, 2.45) is 0 Å². The second-order valence-corrected chi connectivity index (χ2v) is 8.40. The predicted molar refractivity (Wildman–Crippen MR) is 131 cm³/mol. The molecular weight excluding hydrogens is 418 g/mol. The van der Waals surface area contributed by atoms with E-state index in [1.165, 1.54) is 11.3 Å². The average molecular weight is 446 g/mol. The minimum atomic E-state index is -0.0138. The molecule has 1 amide bonds. The van der Waals surface area contributed by atoms with Gasteiger partial charge in [-0.25, -0.2) is 4.98 Å². The summed E-state index contributed by atoms with van der Waals surface area (Å²) < 4.78 is 8.34. The third-order valence-electron chi connectivity index (χ3n) is 5.25. The van der Waals surface area contributed by atoms with E-state index >= 15 is 0 Å². The summed E-state index contributed by atoms with van der Waals surface area (Å²) in [6.07, 6.45) is 4.28. The van der Waals surface area contributed by atoms with Crippen molar-refractivity contribution in [1.29, 1.82) is 0 Å². The lowest BCUT2D eigenvalue weighted by Gasteiger charge is -2.13. The number of allylic oxidation sites excluding steroid dienone is 1. The molecule has 0 saturated heterocycles. The van der Waals surface area contributed by atoms with Crippen LogP contribution in [0.25, 0.3) is 11.0 Å². The van der Waals surface area contributed by atoms with Crippen LogP contribution in [0.3, 0.4) is 0 Å². The predicted octanol–water partition coefficient (Wildman–Crippen LogP) is 5.27. The number of hydrogen-bond donors (Lipinski definition) is 1. The van der Waals surface area contributed by atoms with Gasteiger partial charge in [0.25, 0.3) is 5.91 Å². The van der Waals surface area contributed by atoms with Crippen LogP contribution in [0, 0.1) is 0 Å². The number of benzene rings is 2. The van der Waals surface area contributed by atoms with Gasteiger partial charge in [0, 0.05) is 13.0 Å². The molecule has 0 radical (unpaired) electrons. The van der Waals surface area contributed by atoms with Crippen molar-refractivity contribution >= 4 is 28.3 Å². The van der Waals surface area contributed by atoms with Crippen LogP contribution in [-0.2, 0) is 19.4 Å². The summed E-state index contributed by atoms with van der Waals surface area (Å²) in [4.78, 5) is 17.7. The van der Waals surface area contributed by atoms with Crippen molar-refractivity contribution in [2.45, 2.75) is 25.8 Å². The molecule has 6 heteroatoms. The lowest BCUT2D eigenvalue weighted by Crippen LogP contribution is -2.24. The number of fused-ring (bicyclic) bond motifs is 1. The molecule has 2 aromatic heterocycles. The zero-order chi connectivity index (χ0) is 22.2. The van der Waals surface area contributed by atoms with E-state index in [0.29, 0.717) is 19.7 Å². The molecule has 5 nitrogen and oxygen atoms in total. The van der Waals surface area contributed by atoms with Gasteiger partial charge in [0.05, 0.1) is 22.5 Å². The van der Waals surface area contributed by atoms with Crippen LogP contribution < -0.4 is 10.1 Å². The summed E-state index contributed by atoms with van der Waals surface area (Å²) in [5.74, 6) is 1.90. The lowest BCUT2D eigenvalue weighted by molar-refractivity contribution is 0.0957. The number of carbonyl (C=O) groups is 1. The van der Waals surface area contributed by atoms with Gasteiger partial charge in [0.15, 0.2) is 0 Å². The Kier molecular flexibility index (Phi) is 7.35. The smallest absolute Gasteiger partial charge is 0.261 e. The highest BCUT2D eigenvalue weighted by Crippen LogP contribution is 2.20. The van der Waals surface area contributed by atoms with Crippen LogP contribution in [0.5, 0.6) is 5.75 Å². The zero-order valence-electron chi connectivity index (χ0n) is 18.0. The fourth-order valence-corrected chi connectivity index (χ4v) is 4.36. The van der Waals surface area contributed by atoms with Crippen LogP contribution in [-0.4, -0.2) is 28.6 Å². The molecule has 0 fully saturated rings. The molecule has 4 rings (SSSR count). The number of thiophene rings is 1. The number of hydrogen-bond acceptors (Lipinski definition) is 4. The number of imidazole rings is 1. The Balaban J connectivity index is 1.39. The largest absolute Gasteiger partial charge is 0.491 e. The van der Waals surface area contributed by atoms with Crippen LogP contribution >= 0.6 is 11.3 Å². The number of aryl methyl sites for hydroxylation is 1. The summed E-state index contributed by atoms with van der Waals surface area (Å²) in [7, 11) is 0. The van der Waals surface area contributed by atoms with Gasteiger partial charge in [0.1, 0.15) is 18.2 Å². The Labute approximate surface area is 192 Å². The Bertz CT molecular complexity index is 1180. The second kappa shape index (κ2) is 10.8. The number of ether oxygens (including phenoxy) is 1. The highest BCUT2D eigenvalue weighted by Gasteiger charge is 2.12. The van der Waals surface area contributed by atoms with Crippen LogP contribution in [0.2, 0.25) is 0 Å². The number of amides is 1. The topological polar surface area (TPSA) is 56.1 Å². The molecule has 0 aliphatic heterocycles. The molecule has 164 valence electrons. The minimum absolute atomic E-state index is 0.0138. The normalized spacial score (nSPS) is 10.9. The van der Waals surface area contributed by atoms with Gasteiger partial charge in [-0.3, -0.25) is 4.79 Å². The third-order valence-corrected chi connectivity index (χ3v) is 6.12. The first-order valence-corrected chi connectivity index (χ1v) is 11.7. The Morgan fingerprint density at radius 2 is 1.97 bits per heavy atom. The first-order valence-electron chi connectivity index (χ1n) is 10.8. The Morgan fingerprint density at radius 1 is 1.12 bits per heavy atom. The molecule has 1 N–H and O–H groups in total. The molecular formula is C26H27N3O2S. The molecule has 0 saturated carbocycles. The molecule has 2 heterocycles.